The van der Waals surface area contributed by atoms with Crippen molar-refractivity contribution >= 4 is 34.8 Å². The van der Waals surface area contributed by atoms with E-state index in [0.29, 0.717) is 10.0 Å². The summed E-state index contributed by atoms with van der Waals surface area (Å²) in [6.45, 7) is 2.67. The number of carbonyl (C=O) groups is 1. The van der Waals surface area contributed by atoms with Gasteiger partial charge in [0.25, 0.3) is 0 Å². The van der Waals surface area contributed by atoms with Gasteiger partial charge in [0.05, 0.1) is 10.7 Å². The lowest BCUT2D eigenvalue weighted by atomic mass is 10.2. The summed E-state index contributed by atoms with van der Waals surface area (Å²) in [7, 11) is 1.80. The highest BCUT2D eigenvalue weighted by Gasteiger charge is 2.29. The van der Waals surface area contributed by atoms with Gasteiger partial charge in [-0.15, -0.1) is 0 Å². The number of nitrogens with one attached hydrogen (secondary N) is 1. The zero-order valence-electron chi connectivity index (χ0n) is 9.76. The quantitative estimate of drug-likeness (QED) is 0.898. The minimum absolute atomic E-state index is 0.0952. The minimum atomic E-state index is -0.198. The van der Waals surface area contributed by atoms with Gasteiger partial charge in [-0.25, -0.2) is 0 Å². The van der Waals surface area contributed by atoms with Crippen LogP contribution in [0.2, 0.25) is 10.0 Å². The number of halogens is 2. The van der Waals surface area contributed by atoms with Crippen molar-refractivity contribution in [3.05, 3.63) is 27.7 Å². The molecule has 1 unspecified atom stereocenters. The number of hydrogen-bond donors (Lipinski definition) is 1. The molecule has 1 aliphatic rings. The number of hydrogen-bond acceptors (Lipinski definition) is 2. The van der Waals surface area contributed by atoms with E-state index < -0.39 is 0 Å². The number of amides is 1. The Kier molecular flexibility index (Phi) is 3.50. The van der Waals surface area contributed by atoms with Crippen LogP contribution in [0.15, 0.2) is 12.1 Å². The summed E-state index contributed by atoms with van der Waals surface area (Å²) in [4.78, 5) is 13.5. The molecule has 0 saturated carbocycles. The maximum Gasteiger partial charge on any atom is 0.244 e. The third kappa shape index (κ3) is 2.50. The van der Waals surface area contributed by atoms with Gasteiger partial charge in [0.2, 0.25) is 5.91 Å². The van der Waals surface area contributed by atoms with Crippen LogP contribution in [0.5, 0.6) is 0 Å². The van der Waals surface area contributed by atoms with Crippen LogP contribution in [0, 0.1) is 6.92 Å². The lowest BCUT2D eigenvalue weighted by Gasteiger charge is -2.15. The van der Waals surface area contributed by atoms with Crippen LogP contribution in [0.1, 0.15) is 12.0 Å². The van der Waals surface area contributed by atoms with Crippen molar-refractivity contribution < 1.29 is 4.79 Å². The number of benzene rings is 1. The van der Waals surface area contributed by atoms with Crippen LogP contribution < -0.4 is 5.32 Å². The molecule has 3 nitrogen and oxygen atoms in total. The van der Waals surface area contributed by atoms with Crippen molar-refractivity contribution in [2.75, 3.05) is 18.9 Å². The van der Waals surface area contributed by atoms with Gasteiger partial charge in [-0.2, -0.15) is 0 Å². The molecular weight excluding hydrogens is 259 g/mol. The van der Waals surface area contributed by atoms with Crippen molar-refractivity contribution in [2.45, 2.75) is 19.4 Å². The smallest absolute Gasteiger partial charge is 0.244 e. The number of nitrogens with zero attached hydrogens (tertiary/aromatic N) is 1. The second-order valence-corrected chi connectivity index (χ2v) is 5.14. The Hall–Kier alpha value is -0.930. The summed E-state index contributed by atoms with van der Waals surface area (Å²) < 4.78 is 0. The molecule has 1 fully saturated rings. The largest absolute Gasteiger partial charge is 0.372 e. The Morgan fingerprint density at radius 3 is 2.65 bits per heavy atom. The molecule has 1 saturated heterocycles. The average Bonchev–Trinajstić information content (AvgIpc) is 2.58. The summed E-state index contributed by atoms with van der Waals surface area (Å²) in [5.41, 5.74) is 1.65. The molecule has 1 aromatic rings. The van der Waals surface area contributed by atoms with Crippen LogP contribution in [-0.2, 0) is 4.79 Å². The Balaban J connectivity index is 2.19. The Bertz CT molecular complexity index is 462. The summed E-state index contributed by atoms with van der Waals surface area (Å²) in [6.07, 6.45) is 0.789. The standard InChI is InChI=1S/C12H14Cl2N2O/c1-7-5-9(14)11(6-8(7)13)15-10-3-4-16(2)12(10)17/h5-6,10,15H,3-4H2,1-2H3. The number of rotatable bonds is 2. The Morgan fingerprint density at radius 2 is 2.06 bits per heavy atom. The van der Waals surface area contributed by atoms with Crippen LogP contribution in [0.4, 0.5) is 5.69 Å². The van der Waals surface area contributed by atoms with Crippen molar-refractivity contribution in [2.24, 2.45) is 0 Å². The SMILES string of the molecule is Cc1cc(Cl)c(NC2CCN(C)C2=O)cc1Cl. The molecule has 1 N–H and O–H groups in total. The third-order valence-corrected chi connectivity index (χ3v) is 3.73. The Morgan fingerprint density at radius 1 is 1.35 bits per heavy atom. The van der Waals surface area contributed by atoms with E-state index in [0.717, 1.165) is 24.2 Å². The normalized spacial score (nSPS) is 19.9. The number of likely N-dealkylation sites (tertiary alicyclic amines) is 1. The van der Waals surface area contributed by atoms with Gasteiger partial charge in [0.1, 0.15) is 6.04 Å². The molecule has 0 aromatic heterocycles. The van der Waals surface area contributed by atoms with Gasteiger partial charge in [-0.1, -0.05) is 23.2 Å². The highest BCUT2D eigenvalue weighted by atomic mass is 35.5. The maximum atomic E-state index is 11.8. The van der Waals surface area contributed by atoms with E-state index in [1.165, 1.54) is 0 Å². The molecule has 1 aliphatic heterocycles. The van der Waals surface area contributed by atoms with E-state index in [2.05, 4.69) is 5.32 Å². The van der Waals surface area contributed by atoms with E-state index in [1.807, 2.05) is 6.92 Å². The predicted molar refractivity (Wildman–Crippen MR) is 70.9 cm³/mol. The molecule has 1 aromatic carbocycles. The molecule has 0 radical (unpaired) electrons. The minimum Gasteiger partial charge on any atom is -0.372 e. The monoisotopic (exact) mass is 272 g/mol. The molecule has 2 rings (SSSR count). The number of anilines is 1. The lowest BCUT2D eigenvalue weighted by molar-refractivity contribution is -0.127. The molecule has 1 atom stereocenters. The lowest BCUT2D eigenvalue weighted by Crippen LogP contribution is -2.31. The summed E-state index contributed by atoms with van der Waals surface area (Å²) in [5.74, 6) is 0.0952. The van der Waals surface area contributed by atoms with E-state index in [4.69, 9.17) is 23.2 Å². The summed E-state index contributed by atoms with van der Waals surface area (Å²) in [5, 5.41) is 4.39. The zero-order chi connectivity index (χ0) is 12.6. The number of carbonyl (C=O) groups excluding carboxylic acids is 1. The van der Waals surface area contributed by atoms with Crippen molar-refractivity contribution in [1.82, 2.24) is 4.90 Å². The van der Waals surface area contributed by atoms with Gasteiger partial charge in [-0.3, -0.25) is 4.79 Å². The fraction of sp³-hybridized carbons (Fsp3) is 0.417. The van der Waals surface area contributed by atoms with Gasteiger partial charge < -0.3 is 10.2 Å². The molecule has 5 heteroatoms. The van der Waals surface area contributed by atoms with E-state index >= 15 is 0 Å². The molecule has 0 aliphatic carbocycles. The second-order valence-electron chi connectivity index (χ2n) is 4.33. The Labute approximate surface area is 111 Å². The molecule has 0 spiro atoms. The number of likely N-dealkylation sites (N-methyl/N-ethyl adjacent to an activating group) is 1. The fourth-order valence-corrected chi connectivity index (χ4v) is 2.34. The van der Waals surface area contributed by atoms with Crippen LogP contribution in [-0.4, -0.2) is 30.4 Å². The first kappa shape index (κ1) is 12.5. The first-order valence-electron chi connectivity index (χ1n) is 5.46. The predicted octanol–water partition coefficient (Wildman–Crippen LogP) is 2.94. The van der Waals surface area contributed by atoms with E-state index in [9.17, 15) is 4.79 Å². The average molecular weight is 273 g/mol. The zero-order valence-corrected chi connectivity index (χ0v) is 11.3. The molecule has 17 heavy (non-hydrogen) atoms. The molecule has 92 valence electrons. The molecule has 1 heterocycles. The first-order chi connectivity index (χ1) is 7.99. The topological polar surface area (TPSA) is 32.3 Å². The third-order valence-electron chi connectivity index (χ3n) is 3.01. The van der Waals surface area contributed by atoms with Crippen LogP contribution in [0.25, 0.3) is 0 Å². The molecular formula is C12H14Cl2N2O. The molecule has 0 bridgehead atoms. The van der Waals surface area contributed by atoms with Gasteiger partial charge >= 0.3 is 0 Å². The number of aryl methyl sites for hydroxylation is 1. The van der Waals surface area contributed by atoms with E-state index in [-0.39, 0.29) is 11.9 Å². The highest BCUT2D eigenvalue weighted by molar-refractivity contribution is 6.35. The van der Waals surface area contributed by atoms with Gasteiger partial charge in [-0.05, 0) is 31.0 Å². The van der Waals surface area contributed by atoms with Gasteiger partial charge in [0.15, 0.2) is 0 Å². The van der Waals surface area contributed by atoms with E-state index in [1.54, 1.807) is 24.1 Å². The fourth-order valence-electron chi connectivity index (χ4n) is 1.90. The van der Waals surface area contributed by atoms with Crippen LogP contribution in [0.3, 0.4) is 0 Å². The highest BCUT2D eigenvalue weighted by Crippen LogP contribution is 2.30. The molecule has 1 amide bonds. The van der Waals surface area contributed by atoms with Crippen LogP contribution >= 0.6 is 23.2 Å². The maximum absolute atomic E-state index is 11.8. The van der Waals surface area contributed by atoms with Gasteiger partial charge in [0, 0.05) is 18.6 Å². The van der Waals surface area contributed by atoms with Crippen molar-refractivity contribution in [3.8, 4) is 0 Å². The first-order valence-corrected chi connectivity index (χ1v) is 6.22. The summed E-state index contributed by atoms with van der Waals surface area (Å²) in [6, 6.07) is 3.37. The summed E-state index contributed by atoms with van der Waals surface area (Å²) >= 11 is 12.2. The van der Waals surface area contributed by atoms with Crippen molar-refractivity contribution in [3.63, 3.8) is 0 Å². The second kappa shape index (κ2) is 4.75. The van der Waals surface area contributed by atoms with Crippen molar-refractivity contribution in [1.29, 1.82) is 0 Å².